The molecule has 0 N–H and O–H groups in total. The lowest BCUT2D eigenvalue weighted by Gasteiger charge is -2.09. The van der Waals surface area contributed by atoms with Gasteiger partial charge in [0.25, 0.3) is 0 Å². The van der Waals surface area contributed by atoms with Gasteiger partial charge in [-0.25, -0.2) is 4.39 Å². The summed E-state index contributed by atoms with van der Waals surface area (Å²) in [6.07, 6.45) is 0. The molecule has 1 unspecified atom stereocenters. The van der Waals surface area contributed by atoms with Crippen molar-refractivity contribution >= 4 is 21.7 Å². The van der Waals surface area contributed by atoms with Crippen LogP contribution in [-0.2, 0) is 0 Å². The summed E-state index contributed by atoms with van der Waals surface area (Å²) < 4.78 is 14.4. The second kappa shape index (κ2) is 5.98. The highest BCUT2D eigenvalue weighted by atomic mass is 79.9. The second-order valence-corrected chi connectivity index (χ2v) is 5.36. The van der Waals surface area contributed by atoms with Gasteiger partial charge in [-0.2, -0.15) is 5.26 Å². The molecule has 0 amide bonds. The minimum atomic E-state index is -0.926. The summed E-state index contributed by atoms with van der Waals surface area (Å²) in [6, 6.07) is 13.2. The molecule has 0 fully saturated rings. The van der Waals surface area contributed by atoms with E-state index >= 15 is 0 Å². The first kappa shape index (κ1) is 14.4. The van der Waals surface area contributed by atoms with Gasteiger partial charge in [0.05, 0.1) is 6.07 Å². The van der Waals surface area contributed by atoms with Crippen LogP contribution in [0.25, 0.3) is 0 Å². The molecule has 0 radical (unpaired) electrons. The van der Waals surface area contributed by atoms with Crippen molar-refractivity contribution in [1.29, 1.82) is 5.26 Å². The SMILES string of the molecule is Cc1ccc(C(=O)C(C#N)c2ccc(Br)cc2)cc1F. The molecule has 2 nitrogen and oxygen atoms in total. The first-order chi connectivity index (χ1) is 9.52. The summed E-state index contributed by atoms with van der Waals surface area (Å²) in [5.74, 6) is -1.76. The number of ketones is 1. The maximum atomic E-state index is 13.5. The van der Waals surface area contributed by atoms with E-state index in [9.17, 15) is 14.4 Å². The largest absolute Gasteiger partial charge is 0.292 e. The minimum absolute atomic E-state index is 0.211. The van der Waals surface area contributed by atoms with E-state index in [4.69, 9.17) is 0 Å². The number of Topliss-reactive ketones (excluding diaryl/α,β-unsaturated/α-hetero) is 1. The van der Waals surface area contributed by atoms with Crippen molar-refractivity contribution in [1.82, 2.24) is 0 Å². The number of nitriles is 1. The van der Waals surface area contributed by atoms with Crippen molar-refractivity contribution in [3.8, 4) is 6.07 Å². The smallest absolute Gasteiger partial charge is 0.184 e. The molecular formula is C16H11BrFNO. The molecule has 1 atom stereocenters. The molecule has 0 saturated heterocycles. The Morgan fingerprint density at radius 3 is 2.45 bits per heavy atom. The van der Waals surface area contributed by atoms with E-state index in [0.29, 0.717) is 11.1 Å². The quantitative estimate of drug-likeness (QED) is 0.783. The van der Waals surface area contributed by atoms with Crippen LogP contribution < -0.4 is 0 Å². The van der Waals surface area contributed by atoms with E-state index in [1.165, 1.54) is 6.07 Å². The van der Waals surface area contributed by atoms with Crippen molar-refractivity contribution in [2.24, 2.45) is 0 Å². The van der Waals surface area contributed by atoms with E-state index in [0.717, 1.165) is 4.47 Å². The molecule has 20 heavy (non-hydrogen) atoms. The molecule has 0 heterocycles. The summed E-state index contributed by atoms with van der Waals surface area (Å²) >= 11 is 3.30. The van der Waals surface area contributed by atoms with Gasteiger partial charge < -0.3 is 0 Å². The maximum absolute atomic E-state index is 13.5. The Morgan fingerprint density at radius 2 is 1.90 bits per heavy atom. The number of halogens is 2. The average molecular weight is 332 g/mol. The Kier molecular flexibility index (Phi) is 4.31. The number of nitrogens with zero attached hydrogens (tertiary/aromatic N) is 1. The fourth-order valence-corrected chi connectivity index (χ4v) is 2.12. The van der Waals surface area contributed by atoms with Crippen LogP contribution in [0.4, 0.5) is 4.39 Å². The molecule has 0 saturated carbocycles. The van der Waals surface area contributed by atoms with Crippen molar-refractivity contribution in [2.75, 3.05) is 0 Å². The fraction of sp³-hybridized carbons (Fsp3) is 0.125. The molecule has 0 aliphatic rings. The third kappa shape index (κ3) is 2.94. The maximum Gasteiger partial charge on any atom is 0.184 e. The molecule has 0 aliphatic heterocycles. The van der Waals surface area contributed by atoms with Gasteiger partial charge in [-0.3, -0.25) is 4.79 Å². The van der Waals surface area contributed by atoms with Crippen LogP contribution in [0.3, 0.4) is 0 Å². The van der Waals surface area contributed by atoms with Gasteiger partial charge in [0.15, 0.2) is 5.78 Å². The van der Waals surface area contributed by atoms with Crippen molar-refractivity contribution in [3.05, 3.63) is 69.4 Å². The molecule has 0 bridgehead atoms. The number of rotatable bonds is 3. The van der Waals surface area contributed by atoms with E-state index in [-0.39, 0.29) is 5.56 Å². The number of aryl methyl sites for hydroxylation is 1. The summed E-state index contributed by atoms with van der Waals surface area (Å²) in [6.45, 7) is 1.63. The van der Waals surface area contributed by atoms with Gasteiger partial charge in [-0.15, -0.1) is 0 Å². The number of carbonyl (C=O) groups is 1. The Bertz CT molecular complexity index is 689. The predicted molar refractivity (Wildman–Crippen MR) is 78.0 cm³/mol. The lowest BCUT2D eigenvalue weighted by molar-refractivity contribution is 0.0978. The van der Waals surface area contributed by atoms with Crippen LogP contribution in [0.15, 0.2) is 46.9 Å². The summed E-state index contributed by atoms with van der Waals surface area (Å²) in [4.78, 5) is 12.3. The van der Waals surface area contributed by atoms with E-state index < -0.39 is 17.5 Å². The van der Waals surface area contributed by atoms with Gasteiger partial charge in [0, 0.05) is 10.0 Å². The van der Waals surface area contributed by atoms with Gasteiger partial charge >= 0.3 is 0 Å². The summed E-state index contributed by atoms with van der Waals surface area (Å²) in [5, 5.41) is 9.23. The normalized spacial score (nSPS) is 11.7. The number of carbonyl (C=O) groups excluding carboxylic acids is 1. The fourth-order valence-electron chi connectivity index (χ4n) is 1.85. The third-order valence-corrected chi connectivity index (χ3v) is 3.58. The van der Waals surface area contributed by atoms with Crippen molar-refractivity contribution in [2.45, 2.75) is 12.8 Å². The lowest BCUT2D eigenvalue weighted by atomic mass is 9.91. The van der Waals surface area contributed by atoms with E-state index in [2.05, 4.69) is 15.9 Å². The Hall–Kier alpha value is -1.99. The van der Waals surface area contributed by atoms with Crippen LogP contribution in [0, 0.1) is 24.1 Å². The van der Waals surface area contributed by atoms with Crippen LogP contribution in [0.1, 0.15) is 27.4 Å². The number of hydrogen-bond acceptors (Lipinski definition) is 2. The Morgan fingerprint density at radius 1 is 1.25 bits per heavy atom. The minimum Gasteiger partial charge on any atom is -0.292 e. The summed E-state index contributed by atoms with van der Waals surface area (Å²) in [5.41, 5.74) is 1.28. The summed E-state index contributed by atoms with van der Waals surface area (Å²) in [7, 11) is 0. The van der Waals surface area contributed by atoms with Gasteiger partial charge in [-0.1, -0.05) is 40.2 Å². The molecule has 0 aromatic heterocycles. The molecular weight excluding hydrogens is 321 g/mol. The Labute approximate surface area is 125 Å². The standard InChI is InChI=1S/C16H11BrFNO/c1-10-2-3-12(8-15(10)18)16(20)14(9-19)11-4-6-13(17)7-5-11/h2-8,14H,1H3. The first-order valence-corrected chi connectivity index (χ1v) is 6.77. The lowest BCUT2D eigenvalue weighted by Crippen LogP contribution is -2.11. The van der Waals surface area contributed by atoms with E-state index in [1.54, 1.807) is 43.3 Å². The highest BCUT2D eigenvalue weighted by Gasteiger charge is 2.22. The van der Waals surface area contributed by atoms with Gasteiger partial charge in [-0.05, 0) is 36.2 Å². The average Bonchev–Trinajstić information content (AvgIpc) is 2.44. The van der Waals surface area contributed by atoms with Gasteiger partial charge in [0.1, 0.15) is 11.7 Å². The van der Waals surface area contributed by atoms with Crippen molar-refractivity contribution < 1.29 is 9.18 Å². The predicted octanol–water partition coefficient (Wildman–Crippen LogP) is 4.39. The molecule has 2 aromatic carbocycles. The van der Waals surface area contributed by atoms with Crippen LogP contribution in [0.2, 0.25) is 0 Å². The monoisotopic (exact) mass is 331 g/mol. The van der Waals surface area contributed by atoms with Crippen LogP contribution >= 0.6 is 15.9 Å². The highest BCUT2D eigenvalue weighted by molar-refractivity contribution is 9.10. The van der Waals surface area contributed by atoms with Crippen molar-refractivity contribution in [3.63, 3.8) is 0 Å². The van der Waals surface area contributed by atoms with Crippen LogP contribution in [-0.4, -0.2) is 5.78 Å². The molecule has 100 valence electrons. The molecule has 2 rings (SSSR count). The second-order valence-electron chi connectivity index (χ2n) is 4.44. The highest BCUT2D eigenvalue weighted by Crippen LogP contribution is 2.23. The molecule has 0 aliphatic carbocycles. The topological polar surface area (TPSA) is 40.9 Å². The third-order valence-electron chi connectivity index (χ3n) is 3.05. The Balaban J connectivity index is 2.36. The first-order valence-electron chi connectivity index (χ1n) is 5.98. The zero-order chi connectivity index (χ0) is 14.7. The number of benzene rings is 2. The molecule has 2 aromatic rings. The zero-order valence-corrected chi connectivity index (χ0v) is 12.3. The zero-order valence-electron chi connectivity index (χ0n) is 10.7. The number of hydrogen-bond donors (Lipinski definition) is 0. The molecule has 0 spiro atoms. The molecule has 4 heteroatoms. The van der Waals surface area contributed by atoms with E-state index in [1.807, 2.05) is 6.07 Å². The van der Waals surface area contributed by atoms with Crippen LogP contribution in [0.5, 0.6) is 0 Å². The van der Waals surface area contributed by atoms with Gasteiger partial charge in [0.2, 0.25) is 0 Å².